The number of rotatable bonds is 9. The van der Waals surface area contributed by atoms with Crippen LogP contribution in [0.15, 0.2) is 42.5 Å². The number of ether oxygens (including phenoxy) is 2. The molecule has 8 heteroatoms. The summed E-state index contributed by atoms with van der Waals surface area (Å²) in [5, 5.41) is 12.0. The zero-order valence-electron chi connectivity index (χ0n) is 17.6. The van der Waals surface area contributed by atoms with Gasteiger partial charge < -0.3 is 14.8 Å². The van der Waals surface area contributed by atoms with E-state index in [0.29, 0.717) is 23.2 Å². The number of hydrogen-bond acceptors (Lipinski definition) is 5. The summed E-state index contributed by atoms with van der Waals surface area (Å²) >= 11 is 0. The van der Waals surface area contributed by atoms with E-state index < -0.39 is 12.3 Å². The molecule has 0 radical (unpaired) electrons. The number of halogens is 3. The van der Waals surface area contributed by atoms with Crippen LogP contribution in [0, 0.1) is 11.3 Å². The molecule has 2 aromatic rings. The van der Waals surface area contributed by atoms with Gasteiger partial charge in [0.05, 0.1) is 25.2 Å². The Kier molecular flexibility index (Phi) is 8.46. The summed E-state index contributed by atoms with van der Waals surface area (Å²) in [6.45, 7) is 3.29. The van der Waals surface area contributed by atoms with Crippen molar-refractivity contribution in [1.29, 1.82) is 5.26 Å². The van der Waals surface area contributed by atoms with Crippen molar-refractivity contribution in [1.82, 2.24) is 0 Å². The molecule has 0 aromatic heterocycles. The van der Waals surface area contributed by atoms with E-state index in [2.05, 4.69) is 5.32 Å². The Balaban J connectivity index is 2.52. The second-order valence-electron chi connectivity index (χ2n) is 6.92. The third-order valence-corrected chi connectivity index (χ3v) is 4.89. The van der Waals surface area contributed by atoms with Crippen molar-refractivity contribution < 1.29 is 27.4 Å². The molecule has 0 bridgehead atoms. The van der Waals surface area contributed by atoms with Gasteiger partial charge in [-0.15, -0.1) is 0 Å². The van der Waals surface area contributed by atoms with Gasteiger partial charge in [-0.1, -0.05) is 19.1 Å². The van der Waals surface area contributed by atoms with Gasteiger partial charge in [-0.25, -0.2) is 0 Å². The molecule has 2 aromatic carbocycles. The van der Waals surface area contributed by atoms with Crippen LogP contribution in [0.3, 0.4) is 0 Å². The number of anilines is 2. The second kappa shape index (κ2) is 10.8. The fourth-order valence-corrected chi connectivity index (χ4v) is 3.26. The number of carbonyl (C=O) groups excluding carboxylic acids is 1. The molecule has 31 heavy (non-hydrogen) atoms. The largest absolute Gasteiger partial charge is 0.469 e. The van der Waals surface area contributed by atoms with E-state index in [1.54, 1.807) is 36.4 Å². The van der Waals surface area contributed by atoms with Crippen LogP contribution in [0.1, 0.15) is 55.4 Å². The summed E-state index contributed by atoms with van der Waals surface area (Å²) in [6.07, 6.45) is -5.97. The van der Waals surface area contributed by atoms with Crippen LogP contribution in [-0.2, 0) is 14.3 Å². The summed E-state index contributed by atoms with van der Waals surface area (Å²) in [4.78, 5) is 11.7. The van der Waals surface area contributed by atoms with Crippen LogP contribution in [0.25, 0.3) is 0 Å². The van der Waals surface area contributed by atoms with Gasteiger partial charge in [0.25, 0.3) is 0 Å². The first-order valence-corrected chi connectivity index (χ1v) is 9.89. The Labute approximate surface area is 179 Å². The first kappa shape index (κ1) is 24.2. The molecule has 0 aliphatic carbocycles. The summed E-state index contributed by atoms with van der Waals surface area (Å²) in [5.41, 5.74) is 1.84. The highest BCUT2D eigenvalue weighted by atomic mass is 19.4. The summed E-state index contributed by atoms with van der Waals surface area (Å²) < 4.78 is 50.9. The maximum atomic E-state index is 13.7. The average Bonchev–Trinajstić information content (AvgIpc) is 2.75. The molecule has 1 N–H and O–H groups in total. The van der Waals surface area contributed by atoms with E-state index in [-0.39, 0.29) is 36.2 Å². The Hall–Kier alpha value is -3.05. The van der Waals surface area contributed by atoms with Crippen molar-refractivity contribution in [3.8, 4) is 6.07 Å². The van der Waals surface area contributed by atoms with Crippen LogP contribution in [0.4, 0.5) is 24.5 Å². The normalized spacial score (nSPS) is 13.2. The lowest BCUT2D eigenvalue weighted by Gasteiger charge is -2.25. The minimum Gasteiger partial charge on any atom is -0.469 e. The molecule has 0 spiro atoms. The molecule has 0 heterocycles. The molecule has 0 aliphatic heterocycles. The molecule has 0 saturated heterocycles. The molecule has 2 atom stereocenters. The van der Waals surface area contributed by atoms with Crippen molar-refractivity contribution in [2.75, 3.05) is 19.0 Å². The van der Waals surface area contributed by atoms with Crippen LogP contribution < -0.4 is 5.32 Å². The minimum atomic E-state index is -4.60. The lowest BCUT2D eigenvalue weighted by Crippen LogP contribution is -2.24. The highest BCUT2D eigenvalue weighted by Crippen LogP contribution is 2.41. The quantitative estimate of drug-likeness (QED) is 0.490. The van der Waals surface area contributed by atoms with E-state index in [4.69, 9.17) is 14.7 Å². The highest BCUT2D eigenvalue weighted by Gasteiger charge is 2.43. The van der Waals surface area contributed by atoms with Crippen molar-refractivity contribution in [3.63, 3.8) is 0 Å². The topological polar surface area (TPSA) is 71.3 Å². The Bertz CT molecular complexity index is 921. The van der Waals surface area contributed by atoms with E-state index >= 15 is 0 Å². The number of methoxy groups -OCH3 is 1. The zero-order valence-corrected chi connectivity index (χ0v) is 17.6. The Morgan fingerprint density at radius 2 is 1.84 bits per heavy atom. The lowest BCUT2D eigenvalue weighted by molar-refractivity contribution is -0.222. The second-order valence-corrected chi connectivity index (χ2v) is 6.92. The maximum absolute atomic E-state index is 13.7. The third kappa shape index (κ3) is 6.46. The first-order valence-electron chi connectivity index (χ1n) is 9.89. The van der Waals surface area contributed by atoms with Crippen molar-refractivity contribution in [2.24, 2.45) is 0 Å². The summed E-state index contributed by atoms with van der Waals surface area (Å²) in [5.74, 6) is -0.598. The van der Waals surface area contributed by atoms with E-state index in [9.17, 15) is 18.0 Å². The fraction of sp³-hybridized carbons (Fsp3) is 0.391. The van der Waals surface area contributed by atoms with Crippen LogP contribution in [0.5, 0.6) is 0 Å². The van der Waals surface area contributed by atoms with E-state index in [1.807, 2.05) is 13.0 Å². The van der Waals surface area contributed by atoms with Crippen LogP contribution in [0.2, 0.25) is 0 Å². The molecule has 0 fully saturated rings. The summed E-state index contributed by atoms with van der Waals surface area (Å²) in [6, 6.07) is 13.0. The first-order chi connectivity index (χ1) is 14.7. The molecule has 166 valence electrons. The van der Waals surface area contributed by atoms with Crippen molar-refractivity contribution >= 4 is 17.3 Å². The molecule has 0 amide bonds. The molecule has 2 rings (SSSR count). The molecule has 0 saturated carbocycles. The SMILES string of the molecule is CCOC(c1ccc(C(CC)CC(=O)OC)cc1Nc1ccc(C#N)cc1)C(F)(F)F. The van der Waals surface area contributed by atoms with Crippen molar-refractivity contribution in [2.45, 2.75) is 44.9 Å². The van der Waals surface area contributed by atoms with Gasteiger partial charge in [-0.05, 0) is 55.2 Å². The van der Waals surface area contributed by atoms with Gasteiger partial charge in [0, 0.05) is 23.5 Å². The van der Waals surface area contributed by atoms with Gasteiger partial charge in [0.2, 0.25) is 0 Å². The Morgan fingerprint density at radius 3 is 2.35 bits per heavy atom. The number of esters is 1. The highest BCUT2D eigenvalue weighted by molar-refractivity contribution is 5.71. The number of benzene rings is 2. The maximum Gasteiger partial charge on any atom is 0.418 e. The number of alkyl halides is 3. The van der Waals surface area contributed by atoms with Gasteiger partial charge in [-0.3, -0.25) is 4.79 Å². The molecule has 0 aliphatic rings. The van der Waals surface area contributed by atoms with Gasteiger partial charge in [-0.2, -0.15) is 18.4 Å². The number of nitrogens with zero attached hydrogens (tertiary/aromatic N) is 1. The average molecular weight is 434 g/mol. The number of hydrogen-bond donors (Lipinski definition) is 1. The third-order valence-electron chi connectivity index (χ3n) is 4.89. The standard InChI is InChI=1S/C23H25F3N2O3/c1-4-16(13-21(29)30-3)17-8-11-19(22(31-5-2)23(24,25)26)20(12-17)28-18-9-6-15(14-27)7-10-18/h6-12,16,22,28H,4-5,13H2,1-3H3. The van der Waals surface area contributed by atoms with Gasteiger partial charge in [0.15, 0.2) is 6.10 Å². The monoisotopic (exact) mass is 434 g/mol. The van der Waals surface area contributed by atoms with Crippen LogP contribution in [-0.4, -0.2) is 25.9 Å². The number of carbonyl (C=O) groups is 1. The van der Waals surface area contributed by atoms with Gasteiger partial charge >= 0.3 is 12.1 Å². The number of nitrogens with one attached hydrogen (secondary N) is 1. The Morgan fingerprint density at radius 1 is 1.16 bits per heavy atom. The fourth-order valence-electron chi connectivity index (χ4n) is 3.26. The smallest absolute Gasteiger partial charge is 0.418 e. The molecule has 2 unspecified atom stereocenters. The molecular formula is C23H25F3N2O3. The van der Waals surface area contributed by atoms with Crippen molar-refractivity contribution in [3.05, 3.63) is 59.2 Å². The summed E-state index contributed by atoms with van der Waals surface area (Å²) in [7, 11) is 1.30. The lowest BCUT2D eigenvalue weighted by atomic mass is 9.91. The van der Waals surface area contributed by atoms with Gasteiger partial charge in [0.1, 0.15) is 0 Å². The molecular weight excluding hydrogens is 409 g/mol. The minimum absolute atomic E-state index is 0.0598. The van der Waals surface area contributed by atoms with E-state index in [0.717, 1.165) is 0 Å². The predicted molar refractivity (Wildman–Crippen MR) is 111 cm³/mol. The predicted octanol–water partition coefficient (Wildman–Crippen LogP) is 6.00. The van der Waals surface area contributed by atoms with E-state index in [1.165, 1.54) is 20.1 Å². The molecule has 5 nitrogen and oxygen atoms in total. The number of nitriles is 1. The van der Waals surface area contributed by atoms with Crippen LogP contribution >= 0.6 is 0 Å². The zero-order chi connectivity index (χ0) is 23.0.